The molecule has 0 saturated heterocycles. The predicted octanol–water partition coefficient (Wildman–Crippen LogP) is 0.769. The maximum atomic E-state index is 11.7. The van der Waals surface area contributed by atoms with Crippen molar-refractivity contribution in [1.29, 1.82) is 0 Å². The summed E-state index contributed by atoms with van der Waals surface area (Å²) in [5.74, 6) is -1.62. The molecule has 7 heteroatoms. The van der Waals surface area contributed by atoms with E-state index in [0.717, 1.165) is 30.2 Å². The molecule has 1 aromatic heterocycles. The minimum atomic E-state index is -1.38. The first-order valence-corrected chi connectivity index (χ1v) is 8.11. The molecule has 0 aliphatic rings. The lowest BCUT2D eigenvalue weighted by atomic mass is 10.0. The molecule has 1 atom stereocenters. The minimum Gasteiger partial charge on any atom is -0.548 e. The van der Waals surface area contributed by atoms with E-state index in [0.29, 0.717) is 11.3 Å². The zero-order chi connectivity index (χ0) is 18.4. The van der Waals surface area contributed by atoms with Crippen molar-refractivity contribution in [3.8, 4) is 5.75 Å². The van der Waals surface area contributed by atoms with Gasteiger partial charge in [0.25, 0.3) is 5.91 Å². The lowest BCUT2D eigenvalue weighted by molar-refractivity contribution is -0.304. The zero-order valence-corrected chi connectivity index (χ0v) is 14.2. The number of hydrogen-bond donors (Lipinski definition) is 1. The number of carbonyl (C=O) groups excluding carboxylic acids is 2. The van der Waals surface area contributed by atoms with Crippen molar-refractivity contribution < 1.29 is 23.8 Å². The summed E-state index contributed by atoms with van der Waals surface area (Å²) in [6.07, 6.45) is 1.85. The SMILES string of the molecule is CCCCc1cc(=O)oc2cc(O[C@@H](C)C(=O)NCC(=O)[O-])ccc12. The molecule has 1 aromatic carbocycles. The van der Waals surface area contributed by atoms with E-state index in [1.807, 2.05) is 0 Å². The second-order valence-corrected chi connectivity index (χ2v) is 5.70. The second-order valence-electron chi connectivity index (χ2n) is 5.70. The van der Waals surface area contributed by atoms with Crippen molar-refractivity contribution in [3.05, 3.63) is 40.2 Å². The maximum absolute atomic E-state index is 11.7. The topological polar surface area (TPSA) is 109 Å². The Labute approximate surface area is 144 Å². The van der Waals surface area contributed by atoms with Gasteiger partial charge in [0.15, 0.2) is 6.10 Å². The van der Waals surface area contributed by atoms with E-state index in [4.69, 9.17) is 9.15 Å². The first kappa shape index (κ1) is 18.5. The monoisotopic (exact) mass is 346 g/mol. The summed E-state index contributed by atoms with van der Waals surface area (Å²) < 4.78 is 10.7. The molecule has 0 radical (unpaired) electrons. The van der Waals surface area contributed by atoms with Crippen LogP contribution in [-0.2, 0) is 16.0 Å². The number of unbranched alkanes of at least 4 members (excludes halogenated alkanes) is 1. The molecule has 25 heavy (non-hydrogen) atoms. The van der Waals surface area contributed by atoms with Gasteiger partial charge in [0.05, 0.1) is 12.5 Å². The molecule has 0 unspecified atom stereocenters. The van der Waals surface area contributed by atoms with E-state index < -0.39 is 30.2 Å². The molecule has 7 nitrogen and oxygen atoms in total. The number of hydrogen-bond acceptors (Lipinski definition) is 6. The lowest BCUT2D eigenvalue weighted by Crippen LogP contribution is -2.43. The first-order valence-electron chi connectivity index (χ1n) is 8.11. The van der Waals surface area contributed by atoms with E-state index in [1.165, 1.54) is 13.0 Å². The Morgan fingerprint density at radius 2 is 2.08 bits per heavy atom. The smallest absolute Gasteiger partial charge is 0.336 e. The Balaban J connectivity index is 2.19. The van der Waals surface area contributed by atoms with Crippen molar-refractivity contribution in [2.45, 2.75) is 39.2 Å². The Morgan fingerprint density at radius 3 is 2.76 bits per heavy atom. The van der Waals surface area contributed by atoms with Gasteiger partial charge in [-0.05, 0) is 37.5 Å². The van der Waals surface area contributed by atoms with Gasteiger partial charge in [-0.15, -0.1) is 0 Å². The van der Waals surface area contributed by atoms with Crippen LogP contribution >= 0.6 is 0 Å². The molecule has 1 heterocycles. The van der Waals surface area contributed by atoms with Gasteiger partial charge in [0.1, 0.15) is 11.3 Å². The van der Waals surface area contributed by atoms with Crippen molar-refractivity contribution in [2.24, 2.45) is 0 Å². The Hall–Kier alpha value is -2.83. The van der Waals surface area contributed by atoms with Crippen molar-refractivity contribution in [1.82, 2.24) is 5.32 Å². The Bertz CT molecular complexity index is 826. The number of ether oxygens (including phenoxy) is 1. The largest absolute Gasteiger partial charge is 0.548 e. The van der Waals surface area contributed by atoms with E-state index >= 15 is 0 Å². The minimum absolute atomic E-state index is 0.347. The molecule has 1 amide bonds. The number of nitrogens with one attached hydrogen (secondary N) is 1. The van der Waals surface area contributed by atoms with Crippen molar-refractivity contribution >= 4 is 22.8 Å². The average molecular weight is 346 g/mol. The highest BCUT2D eigenvalue weighted by atomic mass is 16.5. The highest BCUT2D eigenvalue weighted by molar-refractivity contribution is 5.84. The molecule has 2 aromatic rings. The molecule has 2 rings (SSSR count). The molecular weight excluding hydrogens is 326 g/mol. The van der Waals surface area contributed by atoms with Gasteiger partial charge in [-0.3, -0.25) is 4.79 Å². The van der Waals surface area contributed by atoms with E-state index in [-0.39, 0.29) is 0 Å². The number of carbonyl (C=O) groups is 2. The van der Waals surface area contributed by atoms with Crippen LogP contribution in [0.4, 0.5) is 0 Å². The average Bonchev–Trinajstić information content (AvgIpc) is 2.56. The number of aryl methyl sites for hydroxylation is 1. The number of amides is 1. The molecule has 0 saturated carbocycles. The van der Waals surface area contributed by atoms with Crippen LogP contribution in [-0.4, -0.2) is 24.5 Å². The van der Waals surface area contributed by atoms with Gasteiger partial charge in [0, 0.05) is 17.5 Å². The fourth-order valence-electron chi connectivity index (χ4n) is 2.42. The maximum Gasteiger partial charge on any atom is 0.336 e. The van der Waals surface area contributed by atoms with Gasteiger partial charge in [0.2, 0.25) is 0 Å². The summed E-state index contributed by atoms with van der Waals surface area (Å²) in [6, 6.07) is 6.51. The highest BCUT2D eigenvalue weighted by Gasteiger charge is 2.15. The molecule has 0 aliphatic heterocycles. The van der Waals surface area contributed by atoms with Gasteiger partial charge in [-0.2, -0.15) is 0 Å². The normalized spacial score (nSPS) is 11.9. The Morgan fingerprint density at radius 1 is 1.32 bits per heavy atom. The van der Waals surface area contributed by atoms with Gasteiger partial charge in [-0.1, -0.05) is 13.3 Å². The molecule has 0 fully saturated rings. The van der Waals surface area contributed by atoms with Crippen molar-refractivity contribution in [3.63, 3.8) is 0 Å². The van der Waals surface area contributed by atoms with Crippen LogP contribution in [0.15, 0.2) is 33.5 Å². The van der Waals surface area contributed by atoms with Crippen LogP contribution in [0.2, 0.25) is 0 Å². The number of fused-ring (bicyclic) bond motifs is 1. The number of rotatable bonds is 8. The van der Waals surface area contributed by atoms with Gasteiger partial charge in [-0.25, -0.2) is 4.79 Å². The number of aliphatic carboxylic acids is 1. The molecule has 0 bridgehead atoms. The zero-order valence-electron chi connectivity index (χ0n) is 14.2. The molecule has 134 valence electrons. The highest BCUT2D eigenvalue weighted by Crippen LogP contribution is 2.24. The van der Waals surface area contributed by atoms with Gasteiger partial charge >= 0.3 is 5.63 Å². The third-order valence-corrected chi connectivity index (χ3v) is 3.69. The summed E-state index contributed by atoms with van der Waals surface area (Å²) >= 11 is 0. The number of carboxylic acids is 1. The number of carboxylic acid groups (broad SMARTS) is 1. The predicted molar refractivity (Wildman–Crippen MR) is 89.2 cm³/mol. The first-order chi connectivity index (χ1) is 11.9. The fraction of sp³-hybridized carbons (Fsp3) is 0.389. The Kier molecular flexibility index (Phi) is 6.16. The molecule has 1 N–H and O–H groups in total. The summed E-state index contributed by atoms with van der Waals surface area (Å²) in [4.78, 5) is 33.8. The quantitative estimate of drug-likeness (QED) is 0.707. The van der Waals surface area contributed by atoms with E-state index in [2.05, 4.69) is 12.2 Å². The van der Waals surface area contributed by atoms with Crippen LogP contribution in [0.5, 0.6) is 5.75 Å². The van der Waals surface area contributed by atoms with Crippen LogP contribution in [0.25, 0.3) is 11.0 Å². The standard InChI is InChI=1S/C18H21NO6/c1-3-4-5-12-8-17(22)25-15-9-13(6-7-14(12)15)24-11(2)18(23)19-10-16(20)21/h6-9,11H,3-5,10H2,1-2H3,(H,19,23)(H,20,21)/p-1/t11-/m0/s1. The number of benzene rings is 1. The van der Waals surface area contributed by atoms with Crippen LogP contribution in [0.3, 0.4) is 0 Å². The summed E-state index contributed by atoms with van der Waals surface area (Å²) in [6.45, 7) is 2.98. The third-order valence-electron chi connectivity index (χ3n) is 3.69. The lowest BCUT2D eigenvalue weighted by Gasteiger charge is -2.15. The molecular formula is C18H20NO6-. The van der Waals surface area contributed by atoms with E-state index in [9.17, 15) is 19.5 Å². The van der Waals surface area contributed by atoms with Crippen molar-refractivity contribution in [2.75, 3.05) is 6.54 Å². The summed E-state index contributed by atoms with van der Waals surface area (Å²) in [5.41, 5.74) is 0.869. The van der Waals surface area contributed by atoms with Crippen LogP contribution in [0.1, 0.15) is 32.3 Å². The molecule has 0 aliphatic carbocycles. The fourth-order valence-corrected chi connectivity index (χ4v) is 2.42. The van der Waals surface area contributed by atoms with E-state index in [1.54, 1.807) is 18.2 Å². The van der Waals surface area contributed by atoms with Crippen LogP contribution < -0.4 is 20.8 Å². The molecule has 0 spiro atoms. The van der Waals surface area contributed by atoms with Crippen LogP contribution in [0, 0.1) is 0 Å². The third kappa shape index (κ3) is 5.07. The summed E-state index contributed by atoms with van der Waals surface area (Å²) in [5, 5.41) is 13.4. The van der Waals surface area contributed by atoms with Gasteiger partial charge < -0.3 is 24.4 Å². The summed E-state index contributed by atoms with van der Waals surface area (Å²) in [7, 11) is 0. The second kappa shape index (κ2) is 8.32.